The van der Waals surface area contributed by atoms with Gasteiger partial charge in [-0.3, -0.25) is 4.98 Å². The molecule has 2 aromatic heterocycles. The van der Waals surface area contributed by atoms with Crippen LogP contribution in [0.15, 0.2) is 36.3 Å². The Hall–Kier alpha value is -2.63. The zero-order valence-corrected chi connectivity index (χ0v) is 11.9. The van der Waals surface area contributed by atoms with E-state index in [1.54, 1.807) is 18.5 Å². The molecule has 0 aliphatic heterocycles. The Bertz CT molecular complexity index is 846. The molecule has 108 valence electrons. The van der Waals surface area contributed by atoms with E-state index in [4.69, 9.17) is 5.73 Å². The number of hydrogen-bond donors (Lipinski definition) is 2. The summed E-state index contributed by atoms with van der Waals surface area (Å²) in [5, 5.41) is 3.86. The van der Waals surface area contributed by atoms with Crippen LogP contribution >= 0.6 is 0 Å². The second kappa shape index (κ2) is 5.05. The van der Waals surface area contributed by atoms with Gasteiger partial charge in [0, 0.05) is 24.3 Å². The Morgan fingerprint density at radius 1 is 1.43 bits per heavy atom. The maximum Gasteiger partial charge on any atom is 0.129 e. The summed E-state index contributed by atoms with van der Waals surface area (Å²) in [6, 6.07) is 4.58. The van der Waals surface area contributed by atoms with E-state index in [0.29, 0.717) is 12.2 Å². The number of benzene rings is 1. The summed E-state index contributed by atoms with van der Waals surface area (Å²) >= 11 is 0. The molecule has 0 amide bonds. The zero-order valence-electron chi connectivity index (χ0n) is 11.9. The van der Waals surface area contributed by atoms with Gasteiger partial charge in [0.2, 0.25) is 0 Å². The highest BCUT2D eigenvalue weighted by atomic mass is 19.1. The lowest BCUT2D eigenvalue weighted by atomic mass is 10.2. The van der Waals surface area contributed by atoms with Crippen molar-refractivity contribution in [1.29, 1.82) is 0 Å². The number of nitrogens with zero attached hydrogens (tertiary/aromatic N) is 3. The number of pyridine rings is 1. The van der Waals surface area contributed by atoms with Gasteiger partial charge in [0.15, 0.2) is 0 Å². The summed E-state index contributed by atoms with van der Waals surface area (Å²) in [4.78, 5) is 8.85. The van der Waals surface area contributed by atoms with Crippen molar-refractivity contribution in [3.8, 4) is 0 Å². The molecule has 3 aromatic rings. The molecule has 0 saturated carbocycles. The molecule has 0 bridgehead atoms. The predicted octanol–water partition coefficient (Wildman–Crippen LogP) is 2.17. The highest BCUT2D eigenvalue weighted by molar-refractivity contribution is 6.02. The normalized spacial score (nSPS) is 12.2. The lowest BCUT2D eigenvalue weighted by Crippen LogP contribution is -2.11. The van der Waals surface area contributed by atoms with Gasteiger partial charge in [-0.15, -0.1) is 0 Å². The average Bonchev–Trinajstić information content (AvgIpc) is 2.75. The summed E-state index contributed by atoms with van der Waals surface area (Å²) in [5.41, 5.74) is 8.66. The van der Waals surface area contributed by atoms with Crippen molar-refractivity contribution in [1.82, 2.24) is 19.9 Å². The summed E-state index contributed by atoms with van der Waals surface area (Å²) in [7, 11) is 1.91. The molecule has 6 heteroatoms. The fraction of sp³-hybridized carbons (Fsp3) is 0.200. The number of nitrogens with two attached hydrogens (primary N) is 1. The Kier molecular flexibility index (Phi) is 3.21. The van der Waals surface area contributed by atoms with Crippen LogP contribution in [0.2, 0.25) is 0 Å². The molecule has 2 heterocycles. The SMILES string of the molecule is C/C(N)=C/NCc1nc2cnc3ccc(F)cc3c2n1C. The first-order valence-corrected chi connectivity index (χ1v) is 6.61. The third-order valence-corrected chi connectivity index (χ3v) is 3.34. The molecule has 5 nitrogen and oxygen atoms in total. The fourth-order valence-electron chi connectivity index (χ4n) is 2.38. The molecule has 0 radical (unpaired) electrons. The number of fused-ring (bicyclic) bond motifs is 3. The smallest absolute Gasteiger partial charge is 0.129 e. The molecule has 1 aromatic carbocycles. The standard InChI is InChI=1S/C15H16FN5/c1-9(17)6-18-8-14-20-13-7-19-12-4-3-10(16)5-11(12)15(13)21(14)2/h3-7,18H,8,17H2,1-2H3/b9-6-. The molecular formula is C15H16FN5. The zero-order chi connectivity index (χ0) is 15.0. The van der Waals surface area contributed by atoms with Crippen molar-refractivity contribution >= 4 is 21.9 Å². The number of aromatic nitrogens is 3. The van der Waals surface area contributed by atoms with Crippen LogP contribution < -0.4 is 11.1 Å². The van der Waals surface area contributed by atoms with E-state index in [2.05, 4.69) is 15.3 Å². The van der Waals surface area contributed by atoms with Crippen LogP contribution in [0.3, 0.4) is 0 Å². The molecule has 3 N–H and O–H groups in total. The Balaban J connectivity index is 2.13. The number of nitrogens with one attached hydrogen (secondary N) is 1. The summed E-state index contributed by atoms with van der Waals surface area (Å²) in [6.07, 6.45) is 3.44. The number of halogens is 1. The van der Waals surface area contributed by atoms with Crippen LogP contribution in [0.25, 0.3) is 21.9 Å². The Labute approximate surface area is 121 Å². The van der Waals surface area contributed by atoms with Crippen molar-refractivity contribution < 1.29 is 4.39 Å². The van der Waals surface area contributed by atoms with Crippen LogP contribution in [0.4, 0.5) is 4.39 Å². The third-order valence-electron chi connectivity index (χ3n) is 3.34. The van der Waals surface area contributed by atoms with Crippen LogP contribution in [-0.4, -0.2) is 14.5 Å². The summed E-state index contributed by atoms with van der Waals surface area (Å²) in [5.74, 6) is 0.556. The fourth-order valence-corrected chi connectivity index (χ4v) is 2.38. The van der Waals surface area contributed by atoms with Crippen LogP contribution in [0.5, 0.6) is 0 Å². The monoisotopic (exact) mass is 285 g/mol. The molecule has 0 aliphatic carbocycles. The number of rotatable bonds is 3. The minimum absolute atomic E-state index is 0.278. The van der Waals surface area contributed by atoms with E-state index >= 15 is 0 Å². The molecule has 0 spiro atoms. The molecule has 0 fully saturated rings. The molecule has 0 saturated heterocycles. The molecule has 0 aliphatic rings. The maximum absolute atomic E-state index is 13.5. The van der Waals surface area contributed by atoms with Gasteiger partial charge >= 0.3 is 0 Å². The van der Waals surface area contributed by atoms with E-state index < -0.39 is 0 Å². The topological polar surface area (TPSA) is 68.8 Å². The van der Waals surface area contributed by atoms with Gasteiger partial charge in [-0.25, -0.2) is 9.37 Å². The molecule has 0 atom stereocenters. The molecule has 3 rings (SSSR count). The second-order valence-corrected chi connectivity index (χ2v) is 5.01. The molecule has 0 unspecified atom stereocenters. The molecule has 21 heavy (non-hydrogen) atoms. The lowest BCUT2D eigenvalue weighted by Gasteiger charge is -2.04. The Morgan fingerprint density at radius 2 is 2.24 bits per heavy atom. The predicted molar refractivity (Wildman–Crippen MR) is 80.8 cm³/mol. The second-order valence-electron chi connectivity index (χ2n) is 5.01. The first kappa shape index (κ1) is 13.4. The largest absolute Gasteiger partial charge is 0.401 e. The highest BCUT2D eigenvalue weighted by Crippen LogP contribution is 2.24. The lowest BCUT2D eigenvalue weighted by molar-refractivity contribution is 0.629. The Morgan fingerprint density at radius 3 is 3.00 bits per heavy atom. The van der Waals surface area contributed by atoms with Crippen molar-refractivity contribution in [2.75, 3.05) is 0 Å². The van der Waals surface area contributed by atoms with E-state index in [1.165, 1.54) is 12.1 Å². The van der Waals surface area contributed by atoms with Gasteiger partial charge in [0.1, 0.15) is 17.2 Å². The van der Waals surface area contributed by atoms with Crippen molar-refractivity contribution in [2.24, 2.45) is 12.8 Å². The first-order valence-electron chi connectivity index (χ1n) is 6.61. The van der Waals surface area contributed by atoms with Crippen LogP contribution in [0.1, 0.15) is 12.7 Å². The number of hydrogen-bond acceptors (Lipinski definition) is 4. The minimum Gasteiger partial charge on any atom is -0.401 e. The summed E-state index contributed by atoms with van der Waals surface area (Å²) < 4.78 is 15.5. The minimum atomic E-state index is -0.278. The van der Waals surface area contributed by atoms with Gasteiger partial charge in [0.05, 0.1) is 23.8 Å². The van der Waals surface area contributed by atoms with Crippen LogP contribution in [0, 0.1) is 5.82 Å². The van der Waals surface area contributed by atoms with Gasteiger partial charge < -0.3 is 15.6 Å². The van der Waals surface area contributed by atoms with Crippen molar-refractivity contribution in [3.63, 3.8) is 0 Å². The number of aryl methyl sites for hydroxylation is 1. The van der Waals surface area contributed by atoms with Gasteiger partial charge in [-0.1, -0.05) is 0 Å². The number of allylic oxidation sites excluding steroid dienone is 1. The van der Waals surface area contributed by atoms with Gasteiger partial charge in [0.25, 0.3) is 0 Å². The average molecular weight is 285 g/mol. The van der Waals surface area contributed by atoms with Gasteiger partial charge in [-0.2, -0.15) is 0 Å². The third kappa shape index (κ3) is 2.40. The van der Waals surface area contributed by atoms with E-state index in [-0.39, 0.29) is 5.82 Å². The maximum atomic E-state index is 13.5. The van der Waals surface area contributed by atoms with Crippen LogP contribution in [-0.2, 0) is 13.6 Å². The number of imidazole rings is 1. The van der Waals surface area contributed by atoms with Crippen molar-refractivity contribution in [3.05, 3.63) is 47.9 Å². The quantitative estimate of drug-likeness (QED) is 0.774. The van der Waals surface area contributed by atoms with E-state index in [9.17, 15) is 4.39 Å². The van der Waals surface area contributed by atoms with E-state index in [1.807, 2.05) is 18.5 Å². The van der Waals surface area contributed by atoms with Gasteiger partial charge in [-0.05, 0) is 25.1 Å². The molecular weight excluding hydrogens is 269 g/mol. The van der Waals surface area contributed by atoms with Crippen molar-refractivity contribution in [2.45, 2.75) is 13.5 Å². The summed E-state index contributed by atoms with van der Waals surface area (Å²) in [6.45, 7) is 2.35. The van der Waals surface area contributed by atoms with E-state index in [0.717, 1.165) is 27.8 Å². The first-order chi connectivity index (χ1) is 10.1. The highest BCUT2D eigenvalue weighted by Gasteiger charge is 2.11.